The lowest BCUT2D eigenvalue weighted by atomic mass is 9.94. The molecule has 4 rings (SSSR count). The average molecular weight is 334 g/mol. The van der Waals surface area contributed by atoms with Crippen LogP contribution in [-0.4, -0.2) is 14.5 Å². The Kier molecular flexibility index (Phi) is 3.93. The summed E-state index contributed by atoms with van der Waals surface area (Å²) >= 11 is 6.03. The minimum absolute atomic E-state index is 0.0608. The van der Waals surface area contributed by atoms with Gasteiger partial charge in [0.15, 0.2) is 0 Å². The first-order valence-electron chi connectivity index (χ1n) is 7.78. The second-order valence-electron chi connectivity index (χ2n) is 5.65. The van der Waals surface area contributed by atoms with Crippen LogP contribution < -0.4 is 0 Å². The van der Waals surface area contributed by atoms with Crippen molar-refractivity contribution in [1.82, 2.24) is 14.5 Å². The van der Waals surface area contributed by atoms with Gasteiger partial charge in [0.25, 0.3) is 0 Å². The Morgan fingerprint density at radius 2 is 1.75 bits per heavy atom. The third-order valence-corrected chi connectivity index (χ3v) is 4.42. The molecule has 4 aromatic rings. The third-order valence-electron chi connectivity index (χ3n) is 4.17. The molecule has 24 heavy (non-hydrogen) atoms. The smallest absolute Gasteiger partial charge is 0.0954 e. The molecule has 1 atom stereocenters. The highest BCUT2D eigenvalue weighted by Crippen LogP contribution is 2.34. The van der Waals surface area contributed by atoms with E-state index in [4.69, 9.17) is 11.6 Å². The van der Waals surface area contributed by atoms with Crippen molar-refractivity contribution in [2.45, 2.75) is 6.04 Å². The average Bonchev–Trinajstić information content (AvgIpc) is 3.30. The van der Waals surface area contributed by atoms with Gasteiger partial charge in [-0.25, -0.2) is 4.98 Å². The summed E-state index contributed by atoms with van der Waals surface area (Å²) in [4.78, 5) is 7.48. The van der Waals surface area contributed by atoms with Gasteiger partial charge in [0.1, 0.15) is 0 Å². The number of aromatic nitrogens is 3. The quantitative estimate of drug-likeness (QED) is 0.549. The van der Waals surface area contributed by atoms with Gasteiger partial charge in [-0.1, -0.05) is 54.1 Å². The van der Waals surface area contributed by atoms with Crippen molar-refractivity contribution in [3.05, 3.63) is 102 Å². The molecule has 1 N–H and O–H groups in total. The molecule has 2 heterocycles. The predicted molar refractivity (Wildman–Crippen MR) is 97.1 cm³/mol. The SMILES string of the molecule is Clc1ccc(-c2c[nH]cc2[C@H](c2ccccc2)n2ccnc2)cc1. The largest absolute Gasteiger partial charge is 0.367 e. The maximum atomic E-state index is 6.03. The highest BCUT2D eigenvalue weighted by atomic mass is 35.5. The number of hydrogen-bond acceptors (Lipinski definition) is 1. The van der Waals surface area contributed by atoms with Gasteiger partial charge in [0.2, 0.25) is 0 Å². The van der Waals surface area contributed by atoms with Crippen LogP contribution in [0.3, 0.4) is 0 Å². The predicted octanol–water partition coefficient (Wildman–Crippen LogP) is 5.17. The van der Waals surface area contributed by atoms with E-state index in [9.17, 15) is 0 Å². The molecular weight excluding hydrogens is 318 g/mol. The topological polar surface area (TPSA) is 33.6 Å². The van der Waals surface area contributed by atoms with Crippen molar-refractivity contribution in [3.63, 3.8) is 0 Å². The summed E-state index contributed by atoms with van der Waals surface area (Å²) in [6, 6.07) is 18.4. The molecule has 2 aromatic carbocycles. The Hall–Kier alpha value is -2.78. The number of rotatable bonds is 4. The van der Waals surface area contributed by atoms with Crippen LogP contribution in [0.5, 0.6) is 0 Å². The molecule has 0 aliphatic carbocycles. The minimum atomic E-state index is 0.0608. The van der Waals surface area contributed by atoms with Crippen molar-refractivity contribution in [1.29, 1.82) is 0 Å². The van der Waals surface area contributed by atoms with Crippen LogP contribution in [0.2, 0.25) is 5.02 Å². The fraction of sp³-hybridized carbons (Fsp3) is 0.0500. The van der Waals surface area contributed by atoms with Crippen LogP contribution in [-0.2, 0) is 0 Å². The van der Waals surface area contributed by atoms with Gasteiger partial charge in [-0.15, -0.1) is 0 Å². The minimum Gasteiger partial charge on any atom is -0.367 e. The fourth-order valence-electron chi connectivity index (χ4n) is 3.05. The van der Waals surface area contributed by atoms with E-state index in [1.807, 2.05) is 55.2 Å². The first kappa shape index (κ1) is 14.8. The Balaban J connectivity index is 1.86. The summed E-state index contributed by atoms with van der Waals surface area (Å²) in [6.07, 6.45) is 9.75. The number of imidazole rings is 1. The second kappa shape index (κ2) is 6.38. The summed E-state index contributed by atoms with van der Waals surface area (Å²) in [5, 5.41) is 0.741. The summed E-state index contributed by atoms with van der Waals surface area (Å²) in [7, 11) is 0. The molecule has 0 unspecified atom stereocenters. The molecule has 0 saturated heterocycles. The van der Waals surface area contributed by atoms with Crippen molar-refractivity contribution < 1.29 is 0 Å². The van der Waals surface area contributed by atoms with Crippen LogP contribution >= 0.6 is 11.6 Å². The van der Waals surface area contributed by atoms with E-state index >= 15 is 0 Å². The highest BCUT2D eigenvalue weighted by molar-refractivity contribution is 6.30. The molecule has 0 bridgehead atoms. The molecule has 0 amide bonds. The van der Waals surface area contributed by atoms with E-state index in [1.165, 1.54) is 11.1 Å². The lowest BCUT2D eigenvalue weighted by Crippen LogP contribution is -2.10. The maximum absolute atomic E-state index is 6.03. The maximum Gasteiger partial charge on any atom is 0.0954 e. The zero-order valence-corrected chi connectivity index (χ0v) is 13.7. The van der Waals surface area contributed by atoms with Crippen LogP contribution in [0.15, 0.2) is 85.7 Å². The molecule has 0 saturated carbocycles. The summed E-state index contributed by atoms with van der Waals surface area (Å²) in [6.45, 7) is 0. The highest BCUT2D eigenvalue weighted by Gasteiger charge is 2.20. The van der Waals surface area contributed by atoms with Crippen molar-refractivity contribution in [2.24, 2.45) is 0 Å². The molecular formula is C20H16ClN3. The van der Waals surface area contributed by atoms with Crippen LogP contribution in [0.25, 0.3) is 11.1 Å². The lowest BCUT2D eigenvalue weighted by Gasteiger charge is -2.20. The van der Waals surface area contributed by atoms with Gasteiger partial charge in [-0.3, -0.25) is 0 Å². The van der Waals surface area contributed by atoms with Crippen LogP contribution in [0, 0.1) is 0 Å². The number of H-pyrrole nitrogens is 1. The van der Waals surface area contributed by atoms with Crippen molar-refractivity contribution in [2.75, 3.05) is 0 Å². The van der Waals surface area contributed by atoms with E-state index in [0.717, 1.165) is 16.1 Å². The number of aromatic amines is 1. The number of nitrogens with zero attached hydrogens (tertiary/aromatic N) is 2. The third kappa shape index (κ3) is 2.74. The molecule has 0 aliphatic heterocycles. The van der Waals surface area contributed by atoms with Crippen molar-refractivity contribution >= 4 is 11.6 Å². The van der Waals surface area contributed by atoms with Gasteiger partial charge < -0.3 is 9.55 Å². The molecule has 0 fully saturated rings. The first-order valence-corrected chi connectivity index (χ1v) is 8.16. The number of halogens is 1. The van der Waals surface area contributed by atoms with Crippen LogP contribution in [0.4, 0.5) is 0 Å². The molecule has 0 radical (unpaired) electrons. The summed E-state index contributed by atoms with van der Waals surface area (Å²) in [5.41, 5.74) is 4.71. The van der Waals surface area contributed by atoms with Gasteiger partial charge in [-0.05, 0) is 23.3 Å². The Morgan fingerprint density at radius 3 is 2.46 bits per heavy atom. The first-order chi connectivity index (χ1) is 11.8. The molecule has 2 aromatic heterocycles. The molecule has 118 valence electrons. The second-order valence-corrected chi connectivity index (χ2v) is 6.09. The van der Waals surface area contributed by atoms with Gasteiger partial charge >= 0.3 is 0 Å². The summed E-state index contributed by atoms with van der Waals surface area (Å²) in [5.74, 6) is 0. The van der Waals surface area contributed by atoms with Gasteiger partial charge in [0, 0.05) is 40.9 Å². The Bertz CT molecular complexity index is 909. The summed E-state index contributed by atoms with van der Waals surface area (Å²) < 4.78 is 2.12. The Morgan fingerprint density at radius 1 is 0.958 bits per heavy atom. The van der Waals surface area contributed by atoms with E-state index in [0.29, 0.717) is 0 Å². The zero-order chi connectivity index (χ0) is 16.4. The van der Waals surface area contributed by atoms with Crippen molar-refractivity contribution in [3.8, 4) is 11.1 Å². The van der Waals surface area contributed by atoms with Crippen LogP contribution in [0.1, 0.15) is 17.2 Å². The standard InChI is InChI=1S/C20H16ClN3/c21-17-8-6-15(7-9-17)18-12-23-13-19(18)20(24-11-10-22-14-24)16-4-2-1-3-5-16/h1-14,20,23H/t20-/m0/s1. The lowest BCUT2D eigenvalue weighted by molar-refractivity contribution is 0.679. The molecule has 4 heteroatoms. The van der Waals surface area contributed by atoms with Gasteiger partial charge in [0.05, 0.1) is 12.4 Å². The zero-order valence-electron chi connectivity index (χ0n) is 12.9. The Labute approximate surface area is 145 Å². The number of hydrogen-bond donors (Lipinski definition) is 1. The fourth-order valence-corrected chi connectivity index (χ4v) is 3.18. The molecule has 3 nitrogen and oxygen atoms in total. The normalized spacial score (nSPS) is 12.2. The number of nitrogens with one attached hydrogen (secondary N) is 1. The molecule has 0 aliphatic rings. The van der Waals surface area contributed by atoms with E-state index in [1.54, 1.807) is 0 Å². The van der Waals surface area contributed by atoms with E-state index in [-0.39, 0.29) is 6.04 Å². The van der Waals surface area contributed by atoms with Gasteiger partial charge in [-0.2, -0.15) is 0 Å². The molecule has 0 spiro atoms. The number of benzene rings is 2. The van der Waals surface area contributed by atoms with E-state index in [2.05, 4.69) is 45.0 Å². The monoisotopic (exact) mass is 333 g/mol. The van der Waals surface area contributed by atoms with E-state index < -0.39 is 0 Å².